The molecule has 0 aliphatic carbocycles. The lowest BCUT2D eigenvalue weighted by Crippen LogP contribution is -2.31. The van der Waals surface area contributed by atoms with E-state index < -0.39 is 12.0 Å². The molecule has 0 aliphatic heterocycles. The number of carboxylic acids is 1. The van der Waals surface area contributed by atoms with Gasteiger partial charge in [-0.3, -0.25) is 9.36 Å². The summed E-state index contributed by atoms with van der Waals surface area (Å²) in [5.74, 6) is -0.883. The molecular weight excluding hydrogens is 161 g/mol. The largest absolute Gasteiger partial charge is 0.480 e. The van der Waals surface area contributed by atoms with Gasteiger partial charge in [0.2, 0.25) is 7.66 Å². The average molecular weight is 167 g/mol. The smallest absolute Gasteiger partial charge is 0.321 e. The molecule has 0 saturated carbocycles. The van der Waals surface area contributed by atoms with Crippen molar-refractivity contribution in [3.63, 3.8) is 0 Å². The van der Waals surface area contributed by atoms with Crippen molar-refractivity contribution < 1.29 is 14.5 Å². The van der Waals surface area contributed by atoms with Crippen LogP contribution in [0.15, 0.2) is 0 Å². The predicted octanol–water partition coefficient (Wildman–Crippen LogP) is 0.338. The third-order valence-corrected chi connectivity index (χ3v) is 2.00. The van der Waals surface area contributed by atoms with Crippen molar-refractivity contribution in [1.82, 2.24) is 0 Å². The lowest BCUT2D eigenvalue weighted by atomic mass is 10.4. The molecule has 9 heavy (non-hydrogen) atoms. The van der Waals surface area contributed by atoms with Crippen LogP contribution in [0.2, 0.25) is 0 Å². The highest BCUT2D eigenvalue weighted by Crippen LogP contribution is 2.16. The molecule has 0 heterocycles. The molecular formula is C3H6NO3PS. The lowest BCUT2D eigenvalue weighted by molar-refractivity contribution is -0.137. The van der Waals surface area contributed by atoms with E-state index >= 15 is 0 Å². The van der Waals surface area contributed by atoms with Crippen LogP contribution in [0.4, 0.5) is 0 Å². The summed E-state index contributed by atoms with van der Waals surface area (Å²) in [6, 6.07) is -0.906. The molecule has 6 heteroatoms. The fourth-order valence-corrected chi connectivity index (χ4v) is 1.21. The molecule has 4 nitrogen and oxygen atoms in total. The van der Waals surface area contributed by atoms with Gasteiger partial charge < -0.3 is 10.8 Å². The van der Waals surface area contributed by atoms with Crippen LogP contribution < -0.4 is 5.73 Å². The number of hydrogen-bond donors (Lipinski definition) is 2. The fraction of sp³-hybridized carbons (Fsp3) is 0.667. The van der Waals surface area contributed by atoms with Crippen LogP contribution in [-0.2, 0) is 9.36 Å². The number of carboxylic acid groups (broad SMARTS) is 1. The molecule has 0 aromatic heterocycles. The Morgan fingerprint density at radius 1 is 1.89 bits per heavy atom. The Balaban J connectivity index is 3.37. The van der Waals surface area contributed by atoms with Gasteiger partial charge in [-0.15, -0.1) is 0 Å². The minimum absolute atomic E-state index is 0.131. The number of rotatable bonds is 4. The van der Waals surface area contributed by atoms with Crippen molar-refractivity contribution in [1.29, 1.82) is 0 Å². The molecule has 1 atom stereocenters. The molecule has 0 spiro atoms. The molecule has 0 unspecified atom stereocenters. The highest BCUT2D eigenvalue weighted by atomic mass is 32.7. The molecule has 3 N–H and O–H groups in total. The van der Waals surface area contributed by atoms with Gasteiger partial charge in [0.1, 0.15) is 6.04 Å². The average Bonchev–Trinajstić information content (AvgIpc) is 1.82. The van der Waals surface area contributed by atoms with Crippen LogP contribution in [0, 0.1) is 0 Å². The monoisotopic (exact) mass is 167 g/mol. The lowest BCUT2D eigenvalue weighted by Gasteiger charge is -1.99. The topological polar surface area (TPSA) is 80.4 Å². The van der Waals surface area contributed by atoms with Gasteiger partial charge >= 0.3 is 5.97 Å². The van der Waals surface area contributed by atoms with Crippen molar-refractivity contribution in [3.8, 4) is 0 Å². The third kappa shape index (κ3) is 4.39. The molecule has 0 aromatic rings. The van der Waals surface area contributed by atoms with Crippen LogP contribution >= 0.6 is 19.0 Å². The molecule has 0 bridgehead atoms. The minimum Gasteiger partial charge on any atom is -0.480 e. The highest BCUT2D eigenvalue weighted by Gasteiger charge is 2.10. The zero-order chi connectivity index (χ0) is 7.28. The van der Waals surface area contributed by atoms with Crippen LogP contribution in [0.1, 0.15) is 0 Å². The van der Waals surface area contributed by atoms with E-state index in [2.05, 4.69) is 0 Å². The Kier molecular flexibility index (Phi) is 4.67. The van der Waals surface area contributed by atoms with E-state index in [1.165, 1.54) is 0 Å². The summed E-state index contributed by atoms with van der Waals surface area (Å²) in [6.07, 6.45) is 0. The molecule has 0 rings (SSSR count). The first kappa shape index (κ1) is 8.88. The molecule has 0 aromatic carbocycles. The van der Waals surface area contributed by atoms with E-state index in [0.717, 1.165) is 11.4 Å². The quantitative estimate of drug-likeness (QED) is 0.590. The highest BCUT2D eigenvalue weighted by molar-refractivity contribution is 8.45. The summed E-state index contributed by atoms with van der Waals surface area (Å²) in [4.78, 5) is 9.96. The summed E-state index contributed by atoms with van der Waals surface area (Å²) in [7, 11) is -0.131. The normalized spacial score (nSPS) is 13.4. The van der Waals surface area contributed by atoms with Crippen molar-refractivity contribution >= 4 is 25.0 Å². The Labute approximate surface area is 57.8 Å². The van der Waals surface area contributed by atoms with Gasteiger partial charge in [0.15, 0.2) is 0 Å². The van der Waals surface area contributed by atoms with E-state index in [1.807, 2.05) is 0 Å². The van der Waals surface area contributed by atoms with E-state index in [1.54, 1.807) is 0 Å². The van der Waals surface area contributed by atoms with E-state index in [-0.39, 0.29) is 13.4 Å². The first-order valence-corrected chi connectivity index (χ1v) is 4.51. The fourth-order valence-electron chi connectivity index (χ4n) is 0.182. The summed E-state index contributed by atoms with van der Waals surface area (Å²) < 4.78 is 9.74. The second kappa shape index (κ2) is 4.73. The van der Waals surface area contributed by atoms with Gasteiger partial charge in [-0.1, -0.05) is 11.4 Å². The van der Waals surface area contributed by atoms with Crippen LogP contribution in [0.25, 0.3) is 0 Å². The SMILES string of the molecule is N[C@@H](CSP=O)C(=O)O. The second-order valence-electron chi connectivity index (χ2n) is 1.32. The van der Waals surface area contributed by atoms with E-state index in [4.69, 9.17) is 10.8 Å². The Morgan fingerprint density at radius 3 is 2.78 bits per heavy atom. The summed E-state index contributed by atoms with van der Waals surface area (Å²) in [5, 5.41) is 8.17. The van der Waals surface area contributed by atoms with Crippen molar-refractivity contribution in [3.05, 3.63) is 0 Å². The Hall–Kier alpha value is -0.120. The zero-order valence-electron chi connectivity index (χ0n) is 4.48. The van der Waals surface area contributed by atoms with Gasteiger partial charge in [-0.25, -0.2) is 0 Å². The van der Waals surface area contributed by atoms with Crippen LogP contribution in [-0.4, -0.2) is 22.9 Å². The molecule has 0 fully saturated rings. The standard InChI is InChI=1S/C3H6NO3PS/c4-2(3(5)6)1-9-8-7/h2H,1,4H2,(H,5,6)/t2-/m0/s1. The van der Waals surface area contributed by atoms with Crippen molar-refractivity contribution in [2.24, 2.45) is 5.73 Å². The van der Waals surface area contributed by atoms with Crippen molar-refractivity contribution in [2.45, 2.75) is 6.04 Å². The van der Waals surface area contributed by atoms with Gasteiger partial charge in [0, 0.05) is 5.75 Å². The predicted molar refractivity (Wildman–Crippen MR) is 35.7 cm³/mol. The first-order valence-electron chi connectivity index (χ1n) is 2.11. The number of nitrogens with two attached hydrogens (primary N) is 1. The van der Waals surface area contributed by atoms with E-state index in [0.29, 0.717) is 0 Å². The van der Waals surface area contributed by atoms with Crippen LogP contribution in [0.3, 0.4) is 0 Å². The van der Waals surface area contributed by atoms with Crippen molar-refractivity contribution in [2.75, 3.05) is 5.75 Å². The molecule has 0 amide bonds. The Morgan fingerprint density at radius 2 is 2.44 bits per heavy atom. The molecule has 0 aliphatic rings. The molecule has 0 radical (unpaired) electrons. The maximum Gasteiger partial charge on any atom is 0.321 e. The summed E-state index contributed by atoms with van der Waals surface area (Å²) >= 11 is 0.955. The van der Waals surface area contributed by atoms with Gasteiger partial charge in [0.25, 0.3) is 0 Å². The molecule has 52 valence electrons. The van der Waals surface area contributed by atoms with Crippen LogP contribution in [0.5, 0.6) is 0 Å². The number of aliphatic carboxylic acids is 1. The molecule has 0 saturated heterocycles. The number of hydrogen-bond acceptors (Lipinski definition) is 4. The first-order chi connectivity index (χ1) is 4.18. The maximum atomic E-state index is 9.96. The maximum absolute atomic E-state index is 9.96. The second-order valence-corrected chi connectivity index (χ2v) is 3.28. The Bertz CT molecular complexity index is 120. The summed E-state index contributed by atoms with van der Waals surface area (Å²) in [6.45, 7) is 0. The van der Waals surface area contributed by atoms with Gasteiger partial charge in [-0.05, 0) is 0 Å². The third-order valence-electron chi connectivity index (χ3n) is 0.624. The van der Waals surface area contributed by atoms with Gasteiger partial charge in [0.05, 0.1) is 0 Å². The minimum atomic E-state index is -1.06. The van der Waals surface area contributed by atoms with E-state index in [9.17, 15) is 9.36 Å². The summed E-state index contributed by atoms with van der Waals surface area (Å²) in [5.41, 5.74) is 5.04. The van der Waals surface area contributed by atoms with Gasteiger partial charge in [-0.2, -0.15) is 0 Å². The number of carbonyl (C=O) groups is 1. The zero-order valence-corrected chi connectivity index (χ0v) is 6.19.